The zero-order valence-corrected chi connectivity index (χ0v) is 28.8. The molecule has 3 aromatic carbocycles. The number of hydrogen-bond acceptors (Lipinski definition) is 9. The van der Waals surface area contributed by atoms with Gasteiger partial charge in [-0.2, -0.15) is 0 Å². The molecule has 3 aromatic rings. The monoisotopic (exact) mass is 673 g/mol. The van der Waals surface area contributed by atoms with E-state index in [0.29, 0.717) is 74.3 Å². The van der Waals surface area contributed by atoms with Crippen LogP contribution < -0.4 is 19.5 Å². The lowest BCUT2D eigenvalue weighted by molar-refractivity contribution is -0.121. The van der Waals surface area contributed by atoms with Crippen LogP contribution in [0.25, 0.3) is 6.08 Å². The summed E-state index contributed by atoms with van der Waals surface area (Å²) in [6.07, 6.45) is 7.35. The number of aryl methyl sites for hydroxylation is 1. The highest BCUT2D eigenvalue weighted by Crippen LogP contribution is 2.47. The third-order valence-electron chi connectivity index (χ3n) is 8.69. The van der Waals surface area contributed by atoms with Crippen molar-refractivity contribution in [2.24, 2.45) is 0 Å². The zero-order chi connectivity index (χ0) is 35.3. The zero-order valence-electron chi connectivity index (χ0n) is 28.8. The van der Waals surface area contributed by atoms with Crippen LogP contribution >= 0.6 is 0 Å². The van der Waals surface area contributed by atoms with E-state index in [0.717, 1.165) is 12.0 Å². The van der Waals surface area contributed by atoms with E-state index in [2.05, 4.69) is 5.32 Å². The van der Waals surface area contributed by atoms with E-state index in [1.54, 1.807) is 31.2 Å². The van der Waals surface area contributed by atoms with Gasteiger partial charge in [0.05, 0.1) is 27.4 Å². The standard InChI is InChI=1S/C39H47NO9/c1-25-13-11-19-29(41)18-10-6-9-17-27-21-31(42)36(37(44)35(27)39(45)49-25)30(28-22-32(46-2)38(48-4)33(23-28)47-3)24-34(43)40-20-12-16-26-14-7-5-8-15-26/h5,7-9,14-15,17,21-23,25,30,42,44H,6,10-13,16,18-20,24H2,1-4H3,(H,40,43). The average molecular weight is 674 g/mol. The number of phenols is 2. The van der Waals surface area contributed by atoms with Crippen molar-refractivity contribution in [2.75, 3.05) is 27.9 Å². The van der Waals surface area contributed by atoms with Gasteiger partial charge >= 0.3 is 5.97 Å². The van der Waals surface area contributed by atoms with Crippen molar-refractivity contribution < 1.29 is 43.5 Å². The Kier molecular flexibility index (Phi) is 13.5. The van der Waals surface area contributed by atoms with Gasteiger partial charge < -0.3 is 34.5 Å². The highest BCUT2D eigenvalue weighted by molar-refractivity contribution is 5.98. The Balaban J connectivity index is 1.77. The van der Waals surface area contributed by atoms with Crippen LogP contribution in [0.2, 0.25) is 0 Å². The van der Waals surface area contributed by atoms with Crippen molar-refractivity contribution in [3.05, 3.63) is 82.4 Å². The first-order valence-corrected chi connectivity index (χ1v) is 16.7. The third kappa shape index (κ3) is 9.78. The predicted molar refractivity (Wildman–Crippen MR) is 187 cm³/mol. The Bertz CT molecular complexity index is 1610. The van der Waals surface area contributed by atoms with Gasteiger partial charge in [-0.1, -0.05) is 42.5 Å². The van der Waals surface area contributed by atoms with Crippen molar-refractivity contribution >= 4 is 23.7 Å². The van der Waals surface area contributed by atoms with E-state index in [1.807, 2.05) is 30.3 Å². The summed E-state index contributed by atoms with van der Waals surface area (Å²) in [5.74, 6) is -1.71. The van der Waals surface area contributed by atoms with Gasteiger partial charge in [0.2, 0.25) is 11.7 Å². The Labute approximate surface area is 288 Å². The Hall–Kier alpha value is -4.99. The molecule has 2 unspecified atom stereocenters. The van der Waals surface area contributed by atoms with Gasteiger partial charge in [0, 0.05) is 37.3 Å². The summed E-state index contributed by atoms with van der Waals surface area (Å²) in [6.45, 7) is 2.15. The predicted octanol–water partition coefficient (Wildman–Crippen LogP) is 6.88. The molecule has 1 aliphatic heterocycles. The minimum Gasteiger partial charge on any atom is -0.507 e. The maximum absolute atomic E-state index is 13.7. The molecule has 1 aliphatic rings. The quantitative estimate of drug-likeness (QED) is 0.147. The first kappa shape index (κ1) is 36.8. The number of hydrogen-bond donors (Lipinski definition) is 3. The average Bonchev–Trinajstić information content (AvgIpc) is 3.08. The third-order valence-corrected chi connectivity index (χ3v) is 8.69. The van der Waals surface area contributed by atoms with Crippen molar-refractivity contribution in [2.45, 2.75) is 76.7 Å². The molecule has 262 valence electrons. The molecule has 0 saturated heterocycles. The molecular weight excluding hydrogens is 626 g/mol. The summed E-state index contributed by atoms with van der Waals surface area (Å²) in [4.78, 5) is 39.4. The molecule has 0 saturated carbocycles. The molecule has 0 radical (unpaired) electrons. The minimum atomic E-state index is -0.943. The van der Waals surface area contributed by atoms with E-state index in [-0.39, 0.29) is 40.6 Å². The largest absolute Gasteiger partial charge is 0.507 e. The Morgan fingerprint density at radius 2 is 1.67 bits per heavy atom. The van der Waals surface area contributed by atoms with Gasteiger partial charge in [-0.15, -0.1) is 0 Å². The van der Waals surface area contributed by atoms with Gasteiger partial charge in [-0.05, 0) is 80.3 Å². The van der Waals surface area contributed by atoms with Crippen LogP contribution in [-0.2, 0) is 20.7 Å². The van der Waals surface area contributed by atoms with Crippen LogP contribution in [0.4, 0.5) is 0 Å². The van der Waals surface area contributed by atoms with E-state index in [4.69, 9.17) is 18.9 Å². The Morgan fingerprint density at radius 1 is 0.980 bits per heavy atom. The fraction of sp³-hybridized carbons (Fsp3) is 0.410. The number of esters is 1. The normalized spacial score (nSPS) is 16.1. The van der Waals surface area contributed by atoms with Crippen LogP contribution in [-0.4, -0.2) is 61.9 Å². The van der Waals surface area contributed by atoms with E-state index < -0.39 is 23.7 Å². The van der Waals surface area contributed by atoms with Crippen LogP contribution in [0.1, 0.15) is 96.8 Å². The topological polar surface area (TPSA) is 141 Å². The van der Waals surface area contributed by atoms with Crippen LogP contribution in [0, 0.1) is 0 Å². The molecule has 49 heavy (non-hydrogen) atoms. The lowest BCUT2D eigenvalue weighted by Gasteiger charge is -2.24. The number of rotatable bonds is 11. The fourth-order valence-electron chi connectivity index (χ4n) is 6.13. The number of allylic oxidation sites excluding steroid dienone is 1. The summed E-state index contributed by atoms with van der Waals surface area (Å²) in [6, 6.07) is 14.7. The Morgan fingerprint density at radius 3 is 2.35 bits per heavy atom. The highest BCUT2D eigenvalue weighted by Gasteiger charge is 2.32. The smallest absolute Gasteiger partial charge is 0.342 e. The number of phenolic OH excluding ortho intramolecular Hbond substituents is 2. The number of carbonyl (C=O) groups excluding carboxylic acids is 3. The molecular formula is C39H47NO9. The first-order valence-electron chi connectivity index (χ1n) is 16.7. The van der Waals surface area contributed by atoms with Gasteiger partial charge in [0.25, 0.3) is 0 Å². The number of carbonyl (C=O) groups is 3. The minimum absolute atomic E-state index is 0.0165. The lowest BCUT2D eigenvalue weighted by atomic mass is 9.84. The summed E-state index contributed by atoms with van der Waals surface area (Å²) >= 11 is 0. The van der Waals surface area contributed by atoms with Crippen molar-refractivity contribution in [1.29, 1.82) is 0 Å². The van der Waals surface area contributed by atoms with Gasteiger partial charge in [-0.25, -0.2) is 4.79 Å². The van der Waals surface area contributed by atoms with Gasteiger partial charge in [-0.3, -0.25) is 9.59 Å². The number of Topliss-reactive ketones (excluding diaryl/α,β-unsaturated/α-hetero) is 1. The second-order valence-electron chi connectivity index (χ2n) is 12.2. The number of fused-ring (bicyclic) bond motifs is 1. The number of ether oxygens (including phenoxy) is 4. The number of ketones is 1. The molecule has 1 amide bonds. The molecule has 10 heteroatoms. The van der Waals surface area contributed by atoms with E-state index in [9.17, 15) is 24.6 Å². The van der Waals surface area contributed by atoms with E-state index in [1.165, 1.54) is 27.4 Å². The first-order chi connectivity index (χ1) is 23.7. The van der Waals surface area contributed by atoms with E-state index >= 15 is 0 Å². The van der Waals surface area contributed by atoms with Gasteiger partial charge in [0.15, 0.2) is 11.5 Å². The second kappa shape index (κ2) is 18.0. The molecule has 0 fully saturated rings. The summed E-state index contributed by atoms with van der Waals surface area (Å²) < 4.78 is 22.4. The molecule has 4 rings (SSSR count). The fourth-order valence-corrected chi connectivity index (χ4v) is 6.13. The number of methoxy groups -OCH3 is 3. The van der Waals surface area contributed by atoms with Crippen LogP contribution in [0.5, 0.6) is 28.7 Å². The number of amides is 1. The van der Waals surface area contributed by atoms with Crippen LogP contribution in [0.3, 0.4) is 0 Å². The molecule has 0 aromatic heterocycles. The molecule has 3 N–H and O–H groups in total. The molecule has 0 aliphatic carbocycles. The summed E-state index contributed by atoms with van der Waals surface area (Å²) in [5.41, 5.74) is 1.76. The summed E-state index contributed by atoms with van der Waals surface area (Å²) in [5, 5.41) is 26.4. The maximum Gasteiger partial charge on any atom is 0.342 e. The number of aromatic hydroxyl groups is 2. The van der Waals surface area contributed by atoms with Crippen molar-refractivity contribution in [1.82, 2.24) is 5.32 Å². The van der Waals surface area contributed by atoms with Crippen LogP contribution in [0.15, 0.2) is 54.6 Å². The molecule has 2 atom stereocenters. The van der Waals surface area contributed by atoms with Gasteiger partial charge in [0.1, 0.15) is 22.8 Å². The molecule has 0 spiro atoms. The lowest BCUT2D eigenvalue weighted by Crippen LogP contribution is -2.27. The number of nitrogens with one attached hydrogen (secondary N) is 1. The van der Waals surface area contributed by atoms with Crippen molar-refractivity contribution in [3.8, 4) is 28.7 Å². The summed E-state index contributed by atoms with van der Waals surface area (Å²) in [7, 11) is 4.41. The molecule has 0 bridgehead atoms. The van der Waals surface area contributed by atoms with Crippen molar-refractivity contribution in [3.63, 3.8) is 0 Å². The highest BCUT2D eigenvalue weighted by atomic mass is 16.5. The number of cyclic esters (lactones) is 1. The SMILES string of the molecule is COc1cc(C(CC(=O)NCCCc2ccccc2)c2c(O)cc3c(c2O)C(=O)OC(C)CCCC(=O)CCCC=C3)cc(OC)c1OC. The second-order valence-corrected chi connectivity index (χ2v) is 12.2. The maximum atomic E-state index is 13.7. The molecule has 1 heterocycles. The number of benzene rings is 3. The molecule has 10 nitrogen and oxygen atoms in total.